The minimum absolute atomic E-state index is 0.328. The fourth-order valence-corrected chi connectivity index (χ4v) is 5.48. The van der Waals surface area contributed by atoms with Crippen molar-refractivity contribution in [2.45, 2.75) is 39.2 Å². The van der Waals surface area contributed by atoms with Crippen LogP contribution < -0.4 is 10.6 Å². The molecular formula is C27H31N3O2S2. The summed E-state index contributed by atoms with van der Waals surface area (Å²) in [5.74, 6) is -0.342. The lowest BCUT2D eigenvalue weighted by Crippen LogP contribution is -2.29. The van der Waals surface area contributed by atoms with Crippen LogP contribution in [0.1, 0.15) is 52.5 Å². The van der Waals surface area contributed by atoms with Crippen LogP contribution in [-0.4, -0.2) is 35.7 Å². The highest BCUT2D eigenvalue weighted by Crippen LogP contribution is 2.31. The number of nitrogens with one attached hydrogen (secondary N) is 2. The molecule has 3 aromatic rings. The number of hydrogen-bond acceptors (Lipinski definition) is 5. The lowest BCUT2D eigenvalue weighted by Gasteiger charge is -2.26. The zero-order valence-electron chi connectivity index (χ0n) is 19.5. The van der Waals surface area contributed by atoms with Gasteiger partial charge in [-0.25, -0.2) is 4.79 Å². The van der Waals surface area contributed by atoms with E-state index in [4.69, 9.17) is 17.0 Å². The first-order valence-electron chi connectivity index (χ1n) is 11.8. The lowest BCUT2D eigenvalue weighted by atomic mass is 10.1. The molecule has 2 N–H and O–H groups in total. The molecule has 1 fully saturated rings. The molecule has 4 rings (SSSR count). The Hall–Kier alpha value is -2.74. The zero-order chi connectivity index (χ0) is 23.8. The molecule has 5 nitrogen and oxygen atoms in total. The van der Waals surface area contributed by atoms with Gasteiger partial charge in [-0.15, -0.1) is 11.3 Å². The highest BCUT2D eigenvalue weighted by Gasteiger charge is 2.18. The molecule has 0 bridgehead atoms. The summed E-state index contributed by atoms with van der Waals surface area (Å²) < 4.78 is 5.27. The van der Waals surface area contributed by atoms with Gasteiger partial charge in [0.25, 0.3) is 0 Å². The van der Waals surface area contributed by atoms with Crippen LogP contribution in [0.15, 0.2) is 60.7 Å². The van der Waals surface area contributed by atoms with Gasteiger partial charge >= 0.3 is 5.97 Å². The third-order valence-corrected chi connectivity index (χ3v) is 7.05. The summed E-state index contributed by atoms with van der Waals surface area (Å²) in [5, 5.41) is 7.60. The number of nitrogens with zero attached hydrogens (tertiary/aromatic N) is 1. The maximum atomic E-state index is 12.5. The number of ether oxygens (including phenoxy) is 1. The Morgan fingerprint density at radius 3 is 2.44 bits per heavy atom. The summed E-state index contributed by atoms with van der Waals surface area (Å²) in [6.07, 6.45) is 4.68. The van der Waals surface area contributed by atoms with Crippen LogP contribution in [0.3, 0.4) is 0 Å². The average molecular weight is 494 g/mol. The van der Waals surface area contributed by atoms with Crippen LogP contribution in [0.25, 0.3) is 0 Å². The summed E-state index contributed by atoms with van der Waals surface area (Å²) in [7, 11) is 0. The van der Waals surface area contributed by atoms with E-state index in [-0.39, 0.29) is 5.97 Å². The van der Waals surface area contributed by atoms with Crippen LogP contribution in [0.4, 0.5) is 10.7 Å². The predicted molar refractivity (Wildman–Crippen MR) is 145 cm³/mol. The summed E-state index contributed by atoms with van der Waals surface area (Å²) >= 11 is 7.08. The maximum Gasteiger partial charge on any atom is 0.341 e. The standard InChI is InChI=1S/C27H31N3O2S2/c1-2-32-26(31)24-18-23(17-20-9-5-3-6-10-20)34-25(24)29-27(33)28-22-13-11-21(12-14-22)19-30-15-7-4-8-16-30/h3,5-6,9-14,18H,2,4,7-8,15-17,19H2,1H3,(H2,28,29,33). The minimum atomic E-state index is -0.342. The number of rotatable bonds is 8. The molecule has 7 heteroatoms. The first-order valence-corrected chi connectivity index (χ1v) is 13.1. The Morgan fingerprint density at radius 2 is 1.74 bits per heavy atom. The van der Waals surface area contributed by atoms with E-state index in [0.29, 0.717) is 22.3 Å². The van der Waals surface area contributed by atoms with Gasteiger partial charge in [-0.3, -0.25) is 4.90 Å². The molecule has 2 aromatic carbocycles. The van der Waals surface area contributed by atoms with E-state index in [1.807, 2.05) is 31.2 Å². The van der Waals surface area contributed by atoms with Crippen LogP contribution in [0, 0.1) is 0 Å². The molecule has 34 heavy (non-hydrogen) atoms. The summed E-state index contributed by atoms with van der Waals surface area (Å²) in [6.45, 7) is 5.50. The van der Waals surface area contributed by atoms with Gasteiger partial charge < -0.3 is 15.4 Å². The van der Waals surface area contributed by atoms with Gasteiger partial charge in [-0.1, -0.05) is 48.9 Å². The molecule has 1 aliphatic heterocycles. The topological polar surface area (TPSA) is 53.6 Å². The first kappa shape index (κ1) is 24.4. The molecule has 178 valence electrons. The number of likely N-dealkylation sites (tertiary alicyclic amines) is 1. The van der Waals surface area contributed by atoms with Crippen molar-refractivity contribution >= 4 is 45.3 Å². The second-order valence-electron chi connectivity index (χ2n) is 8.45. The van der Waals surface area contributed by atoms with Crippen LogP contribution >= 0.6 is 23.6 Å². The number of hydrogen-bond donors (Lipinski definition) is 2. The number of esters is 1. The van der Waals surface area contributed by atoms with Gasteiger partial charge in [0.15, 0.2) is 5.11 Å². The van der Waals surface area contributed by atoms with Crippen LogP contribution in [0.5, 0.6) is 0 Å². The Balaban J connectivity index is 1.40. The molecule has 1 aliphatic rings. The molecule has 2 heterocycles. The summed E-state index contributed by atoms with van der Waals surface area (Å²) in [6, 6.07) is 20.5. The Morgan fingerprint density at radius 1 is 1.00 bits per heavy atom. The van der Waals surface area contributed by atoms with E-state index in [1.165, 1.54) is 54.8 Å². The summed E-state index contributed by atoms with van der Waals surface area (Å²) in [4.78, 5) is 16.1. The van der Waals surface area contributed by atoms with Crippen LogP contribution in [-0.2, 0) is 17.7 Å². The molecule has 0 aliphatic carbocycles. The highest BCUT2D eigenvalue weighted by atomic mass is 32.1. The van der Waals surface area contributed by atoms with Crippen molar-refractivity contribution in [1.82, 2.24) is 4.90 Å². The van der Waals surface area contributed by atoms with E-state index in [9.17, 15) is 4.79 Å². The second kappa shape index (κ2) is 12.1. The van der Waals surface area contributed by atoms with E-state index < -0.39 is 0 Å². The fourth-order valence-electron chi connectivity index (χ4n) is 4.11. The van der Waals surface area contributed by atoms with Gasteiger partial charge in [-0.2, -0.15) is 0 Å². The van der Waals surface area contributed by atoms with Gasteiger partial charge in [-0.05, 0) is 74.4 Å². The van der Waals surface area contributed by atoms with Gasteiger partial charge in [0, 0.05) is 23.5 Å². The van der Waals surface area contributed by atoms with Crippen LogP contribution in [0.2, 0.25) is 0 Å². The molecular weight excluding hydrogens is 462 g/mol. The van der Waals surface area contributed by atoms with Crippen molar-refractivity contribution in [3.05, 3.63) is 82.2 Å². The monoisotopic (exact) mass is 493 g/mol. The van der Waals surface area contributed by atoms with Crippen molar-refractivity contribution in [2.75, 3.05) is 30.3 Å². The number of anilines is 2. The van der Waals surface area contributed by atoms with Crippen molar-refractivity contribution in [1.29, 1.82) is 0 Å². The number of benzene rings is 2. The van der Waals surface area contributed by atoms with Gasteiger partial charge in [0.05, 0.1) is 12.2 Å². The largest absolute Gasteiger partial charge is 0.462 e. The third kappa shape index (κ3) is 6.88. The van der Waals surface area contributed by atoms with E-state index >= 15 is 0 Å². The molecule has 1 aromatic heterocycles. The van der Waals surface area contributed by atoms with Gasteiger partial charge in [0.1, 0.15) is 5.00 Å². The van der Waals surface area contributed by atoms with E-state index in [1.54, 1.807) is 0 Å². The number of carbonyl (C=O) groups excluding carboxylic acids is 1. The molecule has 0 saturated carbocycles. The van der Waals surface area contributed by atoms with Crippen molar-refractivity contribution < 1.29 is 9.53 Å². The Bertz CT molecular complexity index is 1090. The predicted octanol–water partition coefficient (Wildman–Crippen LogP) is 6.31. The molecule has 1 saturated heterocycles. The van der Waals surface area contributed by atoms with E-state index in [2.05, 4.69) is 51.9 Å². The quantitative estimate of drug-likeness (QED) is 0.283. The third-order valence-electron chi connectivity index (χ3n) is 5.79. The molecule has 0 atom stereocenters. The second-order valence-corrected chi connectivity index (χ2v) is 10.00. The van der Waals surface area contributed by atoms with Crippen molar-refractivity contribution in [2.24, 2.45) is 0 Å². The fraction of sp³-hybridized carbons (Fsp3) is 0.333. The molecule has 0 spiro atoms. The summed E-state index contributed by atoms with van der Waals surface area (Å²) in [5.41, 5.74) is 3.92. The SMILES string of the molecule is CCOC(=O)c1cc(Cc2ccccc2)sc1NC(=S)Nc1ccc(CN2CCCCC2)cc1. The Labute approximate surface area is 211 Å². The van der Waals surface area contributed by atoms with Gasteiger partial charge in [0.2, 0.25) is 0 Å². The number of thiophene rings is 1. The zero-order valence-corrected chi connectivity index (χ0v) is 21.1. The van der Waals surface area contributed by atoms with E-state index in [0.717, 1.165) is 23.5 Å². The number of carbonyl (C=O) groups is 1. The lowest BCUT2D eigenvalue weighted by molar-refractivity contribution is 0.0528. The molecule has 0 amide bonds. The minimum Gasteiger partial charge on any atom is -0.462 e. The van der Waals surface area contributed by atoms with Crippen molar-refractivity contribution in [3.63, 3.8) is 0 Å². The van der Waals surface area contributed by atoms with Crippen molar-refractivity contribution in [3.8, 4) is 0 Å². The molecule has 0 radical (unpaired) electrons. The normalized spacial score (nSPS) is 13.9. The highest BCUT2D eigenvalue weighted by molar-refractivity contribution is 7.80. The first-order chi connectivity index (χ1) is 16.6. The number of piperidine rings is 1. The Kier molecular flexibility index (Phi) is 8.68. The maximum absolute atomic E-state index is 12.5. The smallest absolute Gasteiger partial charge is 0.341 e. The average Bonchev–Trinajstić information content (AvgIpc) is 3.23. The number of thiocarbonyl (C=S) groups is 1. The molecule has 0 unspecified atom stereocenters.